The Morgan fingerprint density at radius 3 is 1.86 bits per heavy atom. The van der Waals surface area contributed by atoms with Crippen molar-refractivity contribution in [2.75, 3.05) is 0 Å². The molecule has 0 aromatic heterocycles. The van der Waals surface area contributed by atoms with Crippen molar-refractivity contribution < 1.29 is 34.2 Å². The normalized spacial score (nSPS) is 14.5. The highest BCUT2D eigenvalue weighted by molar-refractivity contribution is 5.95. The molecule has 0 bridgehead atoms. The van der Waals surface area contributed by atoms with Gasteiger partial charge in [0.2, 0.25) is 17.7 Å². The average molecular weight is 493 g/mol. The predicted molar refractivity (Wildman–Crippen MR) is 128 cm³/mol. The number of carboxylic acid groups (broad SMARTS) is 2. The summed E-state index contributed by atoms with van der Waals surface area (Å²) in [6.45, 7) is 6.98. The van der Waals surface area contributed by atoms with Gasteiger partial charge in [0.1, 0.15) is 18.1 Å². The van der Waals surface area contributed by atoms with Gasteiger partial charge in [0.05, 0.1) is 12.5 Å². The van der Waals surface area contributed by atoms with Crippen LogP contribution in [0.2, 0.25) is 0 Å². The molecule has 0 saturated carbocycles. The summed E-state index contributed by atoms with van der Waals surface area (Å²) in [6.07, 6.45) is -0.378. The third-order valence-corrected chi connectivity index (χ3v) is 5.22. The molecule has 4 atom stereocenters. The summed E-state index contributed by atoms with van der Waals surface area (Å²) >= 11 is 0. The number of benzene rings is 1. The molecule has 11 nitrogen and oxygen atoms in total. The van der Waals surface area contributed by atoms with Crippen LogP contribution in [0.15, 0.2) is 30.3 Å². The molecule has 35 heavy (non-hydrogen) atoms. The van der Waals surface area contributed by atoms with Crippen LogP contribution in [0.4, 0.5) is 0 Å². The quantitative estimate of drug-likeness (QED) is 0.213. The van der Waals surface area contributed by atoms with Crippen LogP contribution in [-0.4, -0.2) is 64.0 Å². The lowest BCUT2D eigenvalue weighted by Gasteiger charge is -2.26. The predicted octanol–water partition coefficient (Wildman–Crippen LogP) is 0.272. The van der Waals surface area contributed by atoms with Crippen LogP contribution in [0.25, 0.3) is 0 Å². The number of aliphatic carboxylic acids is 2. The first kappa shape index (κ1) is 29.6. The molecule has 0 aliphatic rings. The van der Waals surface area contributed by atoms with E-state index in [-0.39, 0.29) is 12.3 Å². The van der Waals surface area contributed by atoms with E-state index in [1.165, 1.54) is 0 Å². The summed E-state index contributed by atoms with van der Waals surface area (Å²) < 4.78 is 0. The molecule has 194 valence electrons. The average Bonchev–Trinajstić information content (AvgIpc) is 2.75. The summed E-state index contributed by atoms with van der Waals surface area (Å²) in [5, 5.41) is 25.9. The first-order valence-corrected chi connectivity index (χ1v) is 11.5. The number of hydrogen-bond donors (Lipinski definition) is 6. The topological polar surface area (TPSA) is 188 Å². The van der Waals surface area contributed by atoms with Gasteiger partial charge in [-0.15, -0.1) is 0 Å². The maximum absolute atomic E-state index is 13.0. The van der Waals surface area contributed by atoms with Crippen molar-refractivity contribution in [1.82, 2.24) is 16.0 Å². The van der Waals surface area contributed by atoms with E-state index in [1.807, 2.05) is 13.8 Å². The zero-order valence-corrected chi connectivity index (χ0v) is 20.5. The van der Waals surface area contributed by atoms with Crippen LogP contribution >= 0.6 is 0 Å². The Morgan fingerprint density at radius 1 is 0.829 bits per heavy atom. The number of amides is 3. The molecule has 0 radical (unpaired) electrons. The first-order valence-electron chi connectivity index (χ1n) is 11.5. The number of hydrogen-bond acceptors (Lipinski definition) is 6. The van der Waals surface area contributed by atoms with Gasteiger partial charge in [0.25, 0.3) is 0 Å². The van der Waals surface area contributed by atoms with E-state index in [0.29, 0.717) is 12.0 Å². The van der Waals surface area contributed by atoms with E-state index in [4.69, 9.17) is 5.73 Å². The van der Waals surface area contributed by atoms with Crippen molar-refractivity contribution in [3.63, 3.8) is 0 Å². The third kappa shape index (κ3) is 10.6. The molecule has 4 unspecified atom stereocenters. The Hall–Kier alpha value is -3.47. The zero-order valence-electron chi connectivity index (χ0n) is 20.5. The van der Waals surface area contributed by atoms with Crippen LogP contribution < -0.4 is 21.7 Å². The molecule has 0 heterocycles. The molecule has 11 heteroatoms. The standard InChI is InChI=1S/C24H36N4O7/c1-13(2)10-16(25)21(31)26-18(12-19(29)30)22(32)27-17(11-15-8-6-5-7-9-15)23(33)28-20(14(3)4)24(34)35/h5-9,13-14,16-18,20H,10-12,25H2,1-4H3,(H,26,31)(H,27,32)(H,28,33)(H,29,30)(H,34,35). The fourth-order valence-electron chi connectivity index (χ4n) is 3.38. The fraction of sp³-hybridized carbons (Fsp3) is 0.542. The molecular weight excluding hydrogens is 456 g/mol. The van der Waals surface area contributed by atoms with Crippen LogP contribution in [0, 0.1) is 11.8 Å². The number of rotatable bonds is 14. The molecular formula is C24H36N4O7. The molecule has 7 N–H and O–H groups in total. The SMILES string of the molecule is CC(C)CC(N)C(=O)NC(CC(=O)O)C(=O)NC(Cc1ccccc1)C(=O)NC(C(=O)O)C(C)C. The van der Waals surface area contributed by atoms with Gasteiger partial charge < -0.3 is 31.9 Å². The van der Waals surface area contributed by atoms with Crippen LogP contribution in [-0.2, 0) is 30.4 Å². The van der Waals surface area contributed by atoms with Crippen molar-refractivity contribution in [3.8, 4) is 0 Å². The second-order valence-corrected chi connectivity index (χ2v) is 9.21. The summed E-state index contributed by atoms with van der Waals surface area (Å²) in [7, 11) is 0. The summed E-state index contributed by atoms with van der Waals surface area (Å²) in [4.78, 5) is 61.3. The highest BCUT2D eigenvalue weighted by Gasteiger charge is 2.32. The van der Waals surface area contributed by atoms with Crippen LogP contribution in [0.5, 0.6) is 0 Å². The second-order valence-electron chi connectivity index (χ2n) is 9.21. The minimum atomic E-state index is -1.48. The summed E-state index contributed by atoms with van der Waals surface area (Å²) in [6, 6.07) is 3.87. The minimum absolute atomic E-state index is 0.0173. The van der Waals surface area contributed by atoms with E-state index < -0.39 is 66.2 Å². The zero-order chi connectivity index (χ0) is 26.7. The number of carboxylic acids is 2. The number of nitrogens with two attached hydrogens (primary N) is 1. The lowest BCUT2D eigenvalue weighted by molar-refractivity contribution is -0.144. The van der Waals surface area contributed by atoms with Crippen molar-refractivity contribution in [1.29, 1.82) is 0 Å². The Balaban J connectivity index is 3.12. The van der Waals surface area contributed by atoms with Crippen LogP contribution in [0.3, 0.4) is 0 Å². The van der Waals surface area contributed by atoms with E-state index in [1.54, 1.807) is 44.2 Å². The molecule has 3 amide bonds. The molecule has 1 aromatic rings. The van der Waals surface area contributed by atoms with E-state index in [2.05, 4.69) is 16.0 Å². The van der Waals surface area contributed by atoms with Crippen molar-refractivity contribution in [2.45, 2.75) is 71.1 Å². The number of carbonyl (C=O) groups is 5. The molecule has 1 aromatic carbocycles. The minimum Gasteiger partial charge on any atom is -0.481 e. The van der Waals surface area contributed by atoms with Gasteiger partial charge >= 0.3 is 11.9 Å². The summed E-state index contributed by atoms with van der Waals surface area (Å²) in [5.41, 5.74) is 6.53. The third-order valence-electron chi connectivity index (χ3n) is 5.22. The highest BCUT2D eigenvalue weighted by Crippen LogP contribution is 2.08. The molecule has 0 aliphatic heterocycles. The molecule has 0 aliphatic carbocycles. The van der Waals surface area contributed by atoms with Gasteiger partial charge in [0, 0.05) is 6.42 Å². The summed E-state index contributed by atoms with van der Waals surface area (Å²) in [5.74, 6) is -5.22. The van der Waals surface area contributed by atoms with E-state index in [0.717, 1.165) is 0 Å². The maximum atomic E-state index is 13.0. The van der Waals surface area contributed by atoms with Gasteiger partial charge in [-0.2, -0.15) is 0 Å². The lowest BCUT2D eigenvalue weighted by Crippen LogP contribution is -2.58. The van der Waals surface area contributed by atoms with Crippen molar-refractivity contribution in [3.05, 3.63) is 35.9 Å². The fourth-order valence-corrected chi connectivity index (χ4v) is 3.38. The van der Waals surface area contributed by atoms with E-state index in [9.17, 15) is 34.2 Å². The van der Waals surface area contributed by atoms with Crippen molar-refractivity contribution in [2.24, 2.45) is 17.6 Å². The largest absolute Gasteiger partial charge is 0.481 e. The second kappa shape index (κ2) is 14.1. The van der Waals surface area contributed by atoms with Crippen molar-refractivity contribution >= 4 is 29.7 Å². The van der Waals surface area contributed by atoms with Gasteiger partial charge in [-0.05, 0) is 23.8 Å². The first-order chi connectivity index (χ1) is 16.3. The number of nitrogens with one attached hydrogen (secondary N) is 3. The molecule has 0 fully saturated rings. The monoisotopic (exact) mass is 492 g/mol. The Kier molecular flexibility index (Phi) is 11.9. The molecule has 0 saturated heterocycles. The maximum Gasteiger partial charge on any atom is 0.326 e. The van der Waals surface area contributed by atoms with E-state index >= 15 is 0 Å². The Labute approximate surface area is 204 Å². The lowest BCUT2D eigenvalue weighted by atomic mass is 10.0. The smallest absolute Gasteiger partial charge is 0.326 e. The molecule has 1 rings (SSSR count). The Bertz CT molecular complexity index is 889. The van der Waals surface area contributed by atoms with Gasteiger partial charge in [-0.1, -0.05) is 58.0 Å². The molecule has 0 spiro atoms. The highest BCUT2D eigenvalue weighted by atomic mass is 16.4. The van der Waals surface area contributed by atoms with Gasteiger partial charge in [-0.25, -0.2) is 4.79 Å². The van der Waals surface area contributed by atoms with Gasteiger partial charge in [-0.3, -0.25) is 19.2 Å². The van der Waals surface area contributed by atoms with Gasteiger partial charge in [0.15, 0.2) is 0 Å². The van der Waals surface area contributed by atoms with Crippen LogP contribution in [0.1, 0.15) is 46.1 Å². The number of carbonyl (C=O) groups excluding carboxylic acids is 3. The Morgan fingerprint density at radius 2 is 1.37 bits per heavy atom.